The lowest BCUT2D eigenvalue weighted by atomic mass is 10.0. The first-order valence-corrected chi connectivity index (χ1v) is 6.46. The van der Waals surface area contributed by atoms with Gasteiger partial charge in [0.15, 0.2) is 0 Å². The molecule has 1 N–H and O–H groups in total. The fraction of sp³-hybridized carbons (Fsp3) is 0.400. The quantitative estimate of drug-likeness (QED) is 0.793. The van der Waals surface area contributed by atoms with Crippen molar-refractivity contribution < 1.29 is 5.11 Å². The lowest BCUT2D eigenvalue weighted by molar-refractivity contribution is 0.163. The van der Waals surface area contributed by atoms with Crippen molar-refractivity contribution in [1.82, 2.24) is 9.78 Å². The summed E-state index contributed by atoms with van der Waals surface area (Å²) in [5.41, 5.74) is 2.28. The largest absolute Gasteiger partial charge is 0.388 e. The number of aliphatic hydroxyl groups excluding tert-OH is 1. The third-order valence-corrected chi connectivity index (χ3v) is 3.14. The summed E-state index contributed by atoms with van der Waals surface area (Å²) in [6.45, 7) is 0. The van der Waals surface area contributed by atoms with Gasteiger partial charge in [-0.1, -0.05) is 36.8 Å². The van der Waals surface area contributed by atoms with Gasteiger partial charge in [-0.05, 0) is 30.4 Å². The van der Waals surface area contributed by atoms with Gasteiger partial charge in [-0.25, -0.2) is 0 Å². The van der Waals surface area contributed by atoms with E-state index in [0.29, 0.717) is 0 Å². The van der Waals surface area contributed by atoms with Crippen LogP contribution in [0.3, 0.4) is 0 Å². The van der Waals surface area contributed by atoms with Gasteiger partial charge in [-0.2, -0.15) is 5.10 Å². The molecule has 0 aliphatic carbocycles. The molecule has 3 heteroatoms. The monoisotopic (exact) mass is 244 g/mol. The third-order valence-electron chi connectivity index (χ3n) is 3.14. The highest BCUT2D eigenvalue weighted by atomic mass is 16.3. The van der Waals surface area contributed by atoms with Gasteiger partial charge in [0.05, 0.1) is 12.3 Å². The molecular formula is C15H20N2O. The van der Waals surface area contributed by atoms with E-state index in [4.69, 9.17) is 0 Å². The average molecular weight is 244 g/mol. The van der Waals surface area contributed by atoms with Gasteiger partial charge >= 0.3 is 0 Å². The molecule has 0 spiro atoms. The van der Waals surface area contributed by atoms with Crippen LogP contribution in [-0.4, -0.2) is 14.9 Å². The Kier molecular flexibility index (Phi) is 4.53. The lowest BCUT2D eigenvalue weighted by Gasteiger charge is -2.10. The molecule has 0 saturated heterocycles. The fourth-order valence-electron chi connectivity index (χ4n) is 2.11. The van der Waals surface area contributed by atoms with Crippen LogP contribution in [0.15, 0.2) is 42.7 Å². The summed E-state index contributed by atoms with van der Waals surface area (Å²) in [6.07, 6.45) is 7.61. The standard InChI is InChI=1S/C15H20N2O/c1-17-12-13(11-16-17)7-5-6-10-15(18)14-8-3-2-4-9-14/h2-4,8-9,11-12,15,18H,5-7,10H2,1H3. The molecule has 96 valence electrons. The van der Waals surface area contributed by atoms with Crippen molar-refractivity contribution in [2.45, 2.75) is 31.8 Å². The summed E-state index contributed by atoms with van der Waals surface area (Å²) in [5, 5.41) is 14.2. The number of rotatable bonds is 6. The Labute approximate surface area is 108 Å². The highest BCUT2D eigenvalue weighted by Crippen LogP contribution is 2.19. The molecule has 2 rings (SSSR count). The molecule has 2 aromatic rings. The van der Waals surface area contributed by atoms with E-state index in [0.717, 1.165) is 31.2 Å². The molecule has 1 heterocycles. The van der Waals surface area contributed by atoms with Crippen LogP contribution in [0.1, 0.15) is 36.5 Å². The summed E-state index contributed by atoms with van der Waals surface area (Å²) < 4.78 is 1.83. The van der Waals surface area contributed by atoms with E-state index >= 15 is 0 Å². The number of unbranched alkanes of at least 4 members (excludes halogenated alkanes) is 1. The molecule has 1 unspecified atom stereocenters. The van der Waals surface area contributed by atoms with Crippen molar-refractivity contribution in [3.63, 3.8) is 0 Å². The van der Waals surface area contributed by atoms with Gasteiger partial charge in [0.2, 0.25) is 0 Å². The molecule has 0 saturated carbocycles. The van der Waals surface area contributed by atoms with Crippen molar-refractivity contribution in [2.24, 2.45) is 7.05 Å². The molecule has 18 heavy (non-hydrogen) atoms. The van der Waals surface area contributed by atoms with Crippen molar-refractivity contribution in [3.8, 4) is 0 Å². The van der Waals surface area contributed by atoms with Crippen LogP contribution in [0.25, 0.3) is 0 Å². The number of aryl methyl sites for hydroxylation is 2. The molecule has 0 aliphatic heterocycles. The molecule has 0 bridgehead atoms. The zero-order valence-corrected chi connectivity index (χ0v) is 10.8. The topological polar surface area (TPSA) is 38.0 Å². The Morgan fingerprint density at radius 1 is 1.22 bits per heavy atom. The van der Waals surface area contributed by atoms with E-state index in [9.17, 15) is 5.11 Å². The second-order valence-corrected chi connectivity index (χ2v) is 4.69. The van der Waals surface area contributed by atoms with Crippen LogP contribution in [0.2, 0.25) is 0 Å². The first kappa shape index (κ1) is 12.8. The Balaban J connectivity index is 1.69. The van der Waals surface area contributed by atoms with Crippen molar-refractivity contribution in [2.75, 3.05) is 0 Å². The van der Waals surface area contributed by atoms with E-state index in [2.05, 4.69) is 5.10 Å². The smallest absolute Gasteiger partial charge is 0.0790 e. The first-order chi connectivity index (χ1) is 8.75. The van der Waals surface area contributed by atoms with Crippen molar-refractivity contribution in [1.29, 1.82) is 0 Å². The third kappa shape index (κ3) is 3.70. The molecule has 0 amide bonds. The van der Waals surface area contributed by atoms with E-state index in [1.165, 1.54) is 5.56 Å². The fourth-order valence-corrected chi connectivity index (χ4v) is 2.11. The number of aliphatic hydroxyl groups is 1. The Morgan fingerprint density at radius 2 is 2.00 bits per heavy atom. The normalized spacial score (nSPS) is 12.6. The van der Waals surface area contributed by atoms with E-state index in [1.54, 1.807) is 0 Å². The van der Waals surface area contributed by atoms with E-state index in [-0.39, 0.29) is 6.10 Å². The number of hydrogen-bond acceptors (Lipinski definition) is 2. The summed E-state index contributed by atoms with van der Waals surface area (Å²) in [5.74, 6) is 0. The van der Waals surface area contributed by atoms with Crippen LogP contribution in [-0.2, 0) is 13.5 Å². The minimum Gasteiger partial charge on any atom is -0.388 e. The Bertz CT molecular complexity index is 464. The van der Waals surface area contributed by atoms with Crippen LogP contribution >= 0.6 is 0 Å². The molecule has 1 aromatic heterocycles. The molecule has 1 atom stereocenters. The predicted octanol–water partition coefficient (Wildman–Crippen LogP) is 2.87. The van der Waals surface area contributed by atoms with Crippen LogP contribution in [0, 0.1) is 0 Å². The molecule has 0 aliphatic rings. The van der Waals surface area contributed by atoms with Crippen LogP contribution < -0.4 is 0 Å². The molecule has 1 aromatic carbocycles. The minimum absolute atomic E-state index is 0.333. The van der Waals surface area contributed by atoms with Gasteiger partial charge in [0.25, 0.3) is 0 Å². The van der Waals surface area contributed by atoms with Crippen molar-refractivity contribution >= 4 is 0 Å². The Morgan fingerprint density at radius 3 is 2.67 bits per heavy atom. The van der Waals surface area contributed by atoms with E-state index in [1.807, 2.05) is 54.5 Å². The van der Waals surface area contributed by atoms with Crippen LogP contribution in [0.4, 0.5) is 0 Å². The summed E-state index contributed by atoms with van der Waals surface area (Å²) in [4.78, 5) is 0. The number of hydrogen-bond donors (Lipinski definition) is 1. The van der Waals surface area contributed by atoms with Gasteiger partial charge in [0.1, 0.15) is 0 Å². The van der Waals surface area contributed by atoms with Crippen LogP contribution in [0.5, 0.6) is 0 Å². The zero-order valence-electron chi connectivity index (χ0n) is 10.8. The summed E-state index contributed by atoms with van der Waals surface area (Å²) in [6, 6.07) is 9.86. The molecule has 0 radical (unpaired) electrons. The lowest BCUT2D eigenvalue weighted by Crippen LogP contribution is -1.97. The van der Waals surface area contributed by atoms with Crippen molar-refractivity contribution in [3.05, 3.63) is 53.9 Å². The predicted molar refractivity (Wildman–Crippen MR) is 72.2 cm³/mol. The van der Waals surface area contributed by atoms with E-state index < -0.39 is 0 Å². The highest BCUT2D eigenvalue weighted by Gasteiger charge is 2.06. The van der Waals surface area contributed by atoms with Gasteiger partial charge < -0.3 is 5.11 Å². The molecular weight excluding hydrogens is 224 g/mol. The second-order valence-electron chi connectivity index (χ2n) is 4.69. The SMILES string of the molecule is Cn1cc(CCCCC(O)c2ccccc2)cn1. The average Bonchev–Trinajstić information content (AvgIpc) is 2.81. The summed E-state index contributed by atoms with van der Waals surface area (Å²) >= 11 is 0. The van der Waals surface area contributed by atoms with Gasteiger partial charge in [0, 0.05) is 13.2 Å². The first-order valence-electron chi connectivity index (χ1n) is 6.46. The Hall–Kier alpha value is -1.61. The maximum Gasteiger partial charge on any atom is 0.0790 e. The zero-order chi connectivity index (χ0) is 12.8. The maximum atomic E-state index is 10.0. The minimum atomic E-state index is -0.333. The van der Waals surface area contributed by atoms with Gasteiger partial charge in [-0.3, -0.25) is 4.68 Å². The second kappa shape index (κ2) is 6.36. The maximum absolute atomic E-state index is 10.0. The molecule has 3 nitrogen and oxygen atoms in total. The number of aromatic nitrogens is 2. The highest BCUT2D eigenvalue weighted by molar-refractivity contribution is 5.17. The number of nitrogens with zero attached hydrogens (tertiary/aromatic N) is 2. The molecule has 0 fully saturated rings. The number of benzene rings is 1. The van der Waals surface area contributed by atoms with Gasteiger partial charge in [-0.15, -0.1) is 0 Å². The summed E-state index contributed by atoms with van der Waals surface area (Å²) in [7, 11) is 1.93.